The SMILES string of the molecule is CC(N)S(=O)(=O)[O-].CC(N)S(=O)(=O)[O-].CC(N)S(=O)(=O)[O-].[La+3]. The van der Waals surface area contributed by atoms with Crippen molar-refractivity contribution in [2.75, 3.05) is 0 Å². The second-order valence-corrected chi connectivity index (χ2v) is 8.78. The standard InChI is InChI=1S/3C2H7NO3S.La/c3*1-2(3)7(4,5)6;/h3*2H,3H2,1H3,(H,4,5,6);/q;;;+3/p-3. The summed E-state index contributed by atoms with van der Waals surface area (Å²) in [6.45, 7) is 3.38. The van der Waals surface area contributed by atoms with E-state index in [0.717, 1.165) is 20.8 Å². The van der Waals surface area contributed by atoms with Crippen LogP contribution in [0.5, 0.6) is 0 Å². The Labute approximate surface area is 158 Å². The Hall–Kier alpha value is 0.805. The first kappa shape index (κ1) is 30.7. The molecule has 0 saturated heterocycles. The molecule has 132 valence electrons. The molecule has 22 heavy (non-hydrogen) atoms. The van der Waals surface area contributed by atoms with Gasteiger partial charge in [-0.15, -0.1) is 0 Å². The number of nitrogens with two attached hydrogens (primary N) is 3. The van der Waals surface area contributed by atoms with E-state index in [1.165, 1.54) is 0 Å². The molecule has 0 saturated carbocycles. The van der Waals surface area contributed by atoms with Gasteiger partial charge in [0.05, 0.1) is 16.1 Å². The molecule has 0 heterocycles. The van der Waals surface area contributed by atoms with Crippen LogP contribution in [0.1, 0.15) is 20.8 Å². The van der Waals surface area contributed by atoms with Gasteiger partial charge < -0.3 is 30.9 Å². The summed E-state index contributed by atoms with van der Waals surface area (Å²) in [4.78, 5) is 0. The van der Waals surface area contributed by atoms with Gasteiger partial charge in [0, 0.05) is 0 Å². The van der Waals surface area contributed by atoms with E-state index in [1.54, 1.807) is 0 Å². The van der Waals surface area contributed by atoms with Crippen LogP contribution in [0, 0.1) is 35.6 Å². The molecule has 0 aliphatic rings. The minimum Gasteiger partial charge on any atom is -0.747 e. The molecule has 6 N–H and O–H groups in total. The molecule has 3 atom stereocenters. The molecule has 0 radical (unpaired) electrons. The summed E-state index contributed by atoms with van der Waals surface area (Å²) in [5.74, 6) is 0. The van der Waals surface area contributed by atoms with Crippen molar-refractivity contribution in [3.05, 3.63) is 0 Å². The van der Waals surface area contributed by atoms with E-state index in [0.29, 0.717) is 0 Å². The van der Waals surface area contributed by atoms with Crippen LogP contribution in [-0.2, 0) is 30.4 Å². The average Bonchev–Trinajstić information content (AvgIpc) is 2.14. The van der Waals surface area contributed by atoms with Gasteiger partial charge in [-0.25, -0.2) is 25.3 Å². The van der Waals surface area contributed by atoms with Crippen molar-refractivity contribution in [3.8, 4) is 0 Å². The molecular formula is C6H18LaN3O9S3. The van der Waals surface area contributed by atoms with E-state index in [2.05, 4.69) is 17.2 Å². The van der Waals surface area contributed by atoms with Gasteiger partial charge in [0.25, 0.3) is 0 Å². The molecule has 3 unspecified atom stereocenters. The maximum absolute atomic E-state index is 9.65. The fourth-order valence-corrected chi connectivity index (χ4v) is 0. The molecule has 0 aliphatic heterocycles. The zero-order valence-corrected chi connectivity index (χ0v) is 18.0. The summed E-state index contributed by atoms with van der Waals surface area (Å²) in [5.41, 5.74) is 14.0. The second-order valence-electron chi connectivity index (χ2n) is 3.59. The molecule has 0 aliphatic carbocycles. The van der Waals surface area contributed by atoms with Gasteiger partial charge in [0.2, 0.25) is 0 Å². The summed E-state index contributed by atoms with van der Waals surface area (Å²) in [6, 6.07) is 0. The van der Waals surface area contributed by atoms with Crippen LogP contribution in [0.3, 0.4) is 0 Å². The normalized spacial score (nSPS) is 15.7. The quantitative estimate of drug-likeness (QED) is 0.312. The van der Waals surface area contributed by atoms with Crippen molar-refractivity contribution in [2.45, 2.75) is 36.9 Å². The van der Waals surface area contributed by atoms with Crippen molar-refractivity contribution in [1.29, 1.82) is 0 Å². The van der Waals surface area contributed by atoms with Crippen molar-refractivity contribution >= 4 is 30.4 Å². The molecule has 0 aromatic rings. The zero-order chi connectivity index (χ0) is 18.2. The molecule has 0 rings (SSSR count). The van der Waals surface area contributed by atoms with Crippen molar-refractivity contribution in [3.63, 3.8) is 0 Å². The van der Waals surface area contributed by atoms with E-state index in [4.69, 9.17) is 0 Å². The van der Waals surface area contributed by atoms with Crippen LogP contribution in [0.15, 0.2) is 0 Å². The predicted molar refractivity (Wildman–Crippen MR) is 70.0 cm³/mol. The Morgan fingerprint density at radius 1 is 0.591 bits per heavy atom. The van der Waals surface area contributed by atoms with Gasteiger partial charge >= 0.3 is 35.6 Å². The minimum absolute atomic E-state index is 0. The smallest absolute Gasteiger partial charge is 0.747 e. The third-order valence-corrected chi connectivity index (χ3v) is 4.10. The average molecular weight is 511 g/mol. The summed E-state index contributed by atoms with van der Waals surface area (Å²) in [7, 11) is -12.6. The third-order valence-electron chi connectivity index (χ3n) is 1.37. The molecule has 0 fully saturated rings. The number of rotatable bonds is 3. The van der Waals surface area contributed by atoms with E-state index in [-0.39, 0.29) is 35.6 Å². The predicted octanol–water partition coefficient (Wildman–Crippen LogP) is -3.49. The summed E-state index contributed by atoms with van der Waals surface area (Å²) < 4.78 is 86.9. The maximum Gasteiger partial charge on any atom is 3.00 e. The first-order valence-corrected chi connectivity index (χ1v) is 9.35. The number of hydrogen-bond donors (Lipinski definition) is 3. The first-order chi connectivity index (χ1) is 8.83. The van der Waals surface area contributed by atoms with Gasteiger partial charge in [0.1, 0.15) is 30.4 Å². The topological polar surface area (TPSA) is 250 Å². The van der Waals surface area contributed by atoms with Crippen LogP contribution < -0.4 is 17.2 Å². The van der Waals surface area contributed by atoms with Crippen LogP contribution in [0.4, 0.5) is 0 Å². The second kappa shape index (κ2) is 12.2. The number of hydrogen-bond acceptors (Lipinski definition) is 12. The Morgan fingerprint density at radius 3 is 0.636 bits per heavy atom. The van der Waals surface area contributed by atoms with Crippen LogP contribution in [0.25, 0.3) is 0 Å². The van der Waals surface area contributed by atoms with Gasteiger partial charge in [-0.1, -0.05) is 0 Å². The molecule has 0 aromatic carbocycles. The van der Waals surface area contributed by atoms with Crippen LogP contribution in [-0.4, -0.2) is 55.0 Å². The molecule has 12 nitrogen and oxygen atoms in total. The Balaban J connectivity index is -0.000000108. The molecule has 0 amide bonds. The van der Waals surface area contributed by atoms with Crippen molar-refractivity contribution in [1.82, 2.24) is 0 Å². The largest absolute Gasteiger partial charge is 3.00 e. The van der Waals surface area contributed by atoms with Crippen LogP contribution in [0.2, 0.25) is 0 Å². The summed E-state index contributed by atoms with van der Waals surface area (Å²) in [6.07, 6.45) is 0. The fraction of sp³-hybridized carbons (Fsp3) is 1.00. The molecule has 0 aromatic heterocycles. The minimum atomic E-state index is -4.21. The van der Waals surface area contributed by atoms with Gasteiger partial charge in [0.15, 0.2) is 0 Å². The Morgan fingerprint density at radius 2 is 0.636 bits per heavy atom. The Kier molecular flexibility index (Phi) is 17.0. The fourth-order valence-electron chi connectivity index (χ4n) is 0. The third kappa shape index (κ3) is 23.1. The van der Waals surface area contributed by atoms with Crippen molar-refractivity contribution < 1.29 is 74.5 Å². The van der Waals surface area contributed by atoms with E-state index in [1.807, 2.05) is 0 Å². The van der Waals surface area contributed by atoms with Gasteiger partial charge in [-0.05, 0) is 20.8 Å². The van der Waals surface area contributed by atoms with Gasteiger partial charge in [-0.2, -0.15) is 0 Å². The van der Waals surface area contributed by atoms with Gasteiger partial charge in [-0.3, -0.25) is 0 Å². The van der Waals surface area contributed by atoms with E-state index >= 15 is 0 Å². The molecule has 0 bridgehead atoms. The van der Waals surface area contributed by atoms with E-state index < -0.39 is 46.5 Å². The monoisotopic (exact) mass is 511 g/mol. The Bertz CT molecular complexity index is 496. The summed E-state index contributed by atoms with van der Waals surface area (Å²) >= 11 is 0. The first-order valence-electron chi connectivity index (χ1n) is 4.94. The summed E-state index contributed by atoms with van der Waals surface area (Å²) in [5, 5.41) is -3.85. The molecule has 16 heteroatoms. The maximum atomic E-state index is 9.65. The van der Waals surface area contributed by atoms with E-state index in [9.17, 15) is 38.9 Å². The van der Waals surface area contributed by atoms with Crippen molar-refractivity contribution in [2.24, 2.45) is 17.2 Å². The van der Waals surface area contributed by atoms with Crippen LogP contribution >= 0.6 is 0 Å². The molecule has 0 spiro atoms. The zero-order valence-electron chi connectivity index (χ0n) is 11.9. The molecular weight excluding hydrogens is 493 g/mol.